The van der Waals surface area contributed by atoms with Gasteiger partial charge in [0.05, 0.1) is 17.9 Å². The number of amides is 1. The third-order valence-corrected chi connectivity index (χ3v) is 5.29. The first-order chi connectivity index (χ1) is 14.2. The summed E-state index contributed by atoms with van der Waals surface area (Å²) in [6.45, 7) is 5.35. The fraction of sp³-hybridized carbons (Fsp3) is 0.364. The van der Waals surface area contributed by atoms with Crippen molar-refractivity contribution in [3.8, 4) is 5.75 Å². The lowest BCUT2D eigenvalue weighted by atomic mass is 10.0. The number of carbonyl (C=O) groups excluding carboxylic acids is 1. The molecule has 2 heterocycles. The van der Waals surface area contributed by atoms with Crippen molar-refractivity contribution in [1.29, 1.82) is 0 Å². The number of phenolic OH excluding ortho intramolecular Hbond substituents is 1. The predicted octanol–water partition coefficient (Wildman–Crippen LogP) is 3.40. The Bertz CT molecular complexity index is 978. The lowest BCUT2D eigenvalue weighted by molar-refractivity contribution is 0.0776. The van der Waals surface area contributed by atoms with E-state index in [0.29, 0.717) is 51.3 Å². The second-order valence-corrected chi connectivity index (χ2v) is 7.19. The highest BCUT2D eigenvalue weighted by Gasteiger charge is 2.24. The summed E-state index contributed by atoms with van der Waals surface area (Å²) in [5.41, 5.74) is 3.38. The molecule has 7 heteroatoms. The van der Waals surface area contributed by atoms with Gasteiger partial charge >= 0.3 is 6.09 Å². The zero-order chi connectivity index (χ0) is 20.2. The van der Waals surface area contributed by atoms with E-state index in [1.807, 2.05) is 24.3 Å². The Balaban J connectivity index is 1.49. The van der Waals surface area contributed by atoms with E-state index in [4.69, 9.17) is 9.26 Å². The molecule has 1 N–H and O–H groups in total. The van der Waals surface area contributed by atoms with Gasteiger partial charge in [0, 0.05) is 44.5 Å². The minimum absolute atomic E-state index is 0.202. The molecule has 152 valence electrons. The van der Waals surface area contributed by atoms with Crippen LogP contribution in [0.15, 0.2) is 47.0 Å². The summed E-state index contributed by atoms with van der Waals surface area (Å²) < 4.78 is 10.7. The molecule has 1 fully saturated rings. The third kappa shape index (κ3) is 4.19. The molecule has 2 aromatic carbocycles. The first kappa shape index (κ1) is 19.3. The van der Waals surface area contributed by atoms with E-state index >= 15 is 0 Å². The standard InChI is InChI=1S/C22H25N3O4/c1-2-28-22(27)25-12-10-24(11-13-25)15-18-20(26)9-8-17-19(23-29-21(17)18)14-16-6-4-3-5-7-16/h3-9,26H,2,10-15H2,1H3. The largest absolute Gasteiger partial charge is 0.507 e. The first-order valence-corrected chi connectivity index (χ1v) is 9.92. The molecule has 1 saturated heterocycles. The molecule has 1 amide bonds. The van der Waals surface area contributed by atoms with E-state index in [9.17, 15) is 9.90 Å². The topological polar surface area (TPSA) is 79.0 Å². The van der Waals surface area contributed by atoms with Gasteiger partial charge in [0.15, 0.2) is 5.58 Å². The Morgan fingerprint density at radius 3 is 2.62 bits per heavy atom. The highest BCUT2D eigenvalue weighted by Crippen LogP contribution is 2.31. The minimum atomic E-state index is -0.266. The molecule has 0 radical (unpaired) electrons. The van der Waals surface area contributed by atoms with E-state index in [1.165, 1.54) is 0 Å². The summed E-state index contributed by atoms with van der Waals surface area (Å²) >= 11 is 0. The Hall–Kier alpha value is -3.06. The van der Waals surface area contributed by atoms with E-state index in [2.05, 4.69) is 22.2 Å². The van der Waals surface area contributed by atoms with Crippen LogP contribution in [0, 0.1) is 0 Å². The summed E-state index contributed by atoms with van der Waals surface area (Å²) in [4.78, 5) is 15.8. The average Bonchev–Trinajstić information content (AvgIpc) is 3.14. The minimum Gasteiger partial charge on any atom is -0.507 e. The number of phenols is 1. The fourth-order valence-corrected chi connectivity index (χ4v) is 3.70. The zero-order valence-electron chi connectivity index (χ0n) is 16.5. The summed E-state index contributed by atoms with van der Waals surface area (Å²) in [6, 6.07) is 13.7. The van der Waals surface area contributed by atoms with Gasteiger partial charge in [0.2, 0.25) is 0 Å². The van der Waals surface area contributed by atoms with Gasteiger partial charge in [-0.25, -0.2) is 4.79 Å². The normalized spacial score (nSPS) is 15.0. The van der Waals surface area contributed by atoms with Crippen molar-refractivity contribution in [2.75, 3.05) is 32.8 Å². The second-order valence-electron chi connectivity index (χ2n) is 7.19. The smallest absolute Gasteiger partial charge is 0.409 e. The molecular weight excluding hydrogens is 370 g/mol. The van der Waals surface area contributed by atoms with Gasteiger partial charge in [0.25, 0.3) is 0 Å². The van der Waals surface area contributed by atoms with Crippen LogP contribution in [0.2, 0.25) is 0 Å². The van der Waals surface area contributed by atoms with Gasteiger partial charge in [-0.1, -0.05) is 35.5 Å². The molecule has 0 unspecified atom stereocenters. The van der Waals surface area contributed by atoms with Gasteiger partial charge in [-0.05, 0) is 24.6 Å². The zero-order valence-corrected chi connectivity index (χ0v) is 16.5. The maximum absolute atomic E-state index is 11.9. The molecule has 29 heavy (non-hydrogen) atoms. The summed E-state index contributed by atoms with van der Waals surface area (Å²) in [5.74, 6) is 0.202. The Kier molecular flexibility index (Phi) is 5.67. The Morgan fingerprint density at radius 1 is 1.14 bits per heavy atom. The van der Waals surface area contributed by atoms with Crippen LogP contribution in [0.3, 0.4) is 0 Å². The second kappa shape index (κ2) is 8.53. The van der Waals surface area contributed by atoms with Crippen LogP contribution >= 0.6 is 0 Å². The number of benzene rings is 2. The van der Waals surface area contributed by atoms with E-state index in [1.54, 1.807) is 17.9 Å². The summed E-state index contributed by atoms with van der Waals surface area (Å²) in [6.07, 6.45) is 0.411. The number of carbonyl (C=O) groups is 1. The van der Waals surface area contributed by atoms with Crippen molar-refractivity contribution in [1.82, 2.24) is 15.0 Å². The molecule has 4 rings (SSSR count). The van der Waals surface area contributed by atoms with Crippen molar-refractivity contribution in [3.05, 3.63) is 59.3 Å². The van der Waals surface area contributed by atoms with Crippen LogP contribution in [-0.2, 0) is 17.7 Å². The number of aromatic nitrogens is 1. The molecule has 0 atom stereocenters. The van der Waals surface area contributed by atoms with Gasteiger partial charge in [-0.15, -0.1) is 0 Å². The quantitative estimate of drug-likeness (QED) is 0.713. The van der Waals surface area contributed by atoms with Crippen molar-refractivity contribution in [2.45, 2.75) is 19.9 Å². The fourth-order valence-electron chi connectivity index (χ4n) is 3.70. The molecule has 0 aliphatic carbocycles. The van der Waals surface area contributed by atoms with Gasteiger partial charge in [-0.2, -0.15) is 0 Å². The van der Waals surface area contributed by atoms with Crippen molar-refractivity contribution >= 4 is 17.1 Å². The number of piperazine rings is 1. The van der Waals surface area contributed by atoms with Crippen LogP contribution in [0.4, 0.5) is 4.79 Å². The number of nitrogens with zero attached hydrogens (tertiary/aromatic N) is 3. The van der Waals surface area contributed by atoms with Crippen LogP contribution in [0.5, 0.6) is 5.75 Å². The van der Waals surface area contributed by atoms with E-state index in [-0.39, 0.29) is 11.8 Å². The lowest BCUT2D eigenvalue weighted by Gasteiger charge is -2.34. The molecule has 1 aromatic heterocycles. The monoisotopic (exact) mass is 395 g/mol. The van der Waals surface area contributed by atoms with Crippen molar-refractivity contribution in [3.63, 3.8) is 0 Å². The number of fused-ring (bicyclic) bond motifs is 1. The number of aromatic hydroxyl groups is 1. The van der Waals surface area contributed by atoms with Crippen molar-refractivity contribution in [2.24, 2.45) is 0 Å². The molecule has 0 saturated carbocycles. The summed E-state index contributed by atoms with van der Waals surface area (Å²) in [7, 11) is 0. The predicted molar refractivity (Wildman–Crippen MR) is 109 cm³/mol. The third-order valence-electron chi connectivity index (χ3n) is 5.29. The number of ether oxygens (including phenoxy) is 1. The van der Waals surface area contributed by atoms with Gasteiger partial charge < -0.3 is 19.3 Å². The van der Waals surface area contributed by atoms with Gasteiger partial charge in [0.1, 0.15) is 5.75 Å². The first-order valence-electron chi connectivity index (χ1n) is 9.92. The lowest BCUT2D eigenvalue weighted by Crippen LogP contribution is -2.48. The van der Waals surface area contributed by atoms with Gasteiger partial charge in [-0.3, -0.25) is 4.90 Å². The highest BCUT2D eigenvalue weighted by atomic mass is 16.6. The molecule has 0 bridgehead atoms. The Labute approximate surface area is 169 Å². The van der Waals surface area contributed by atoms with Crippen LogP contribution in [0.25, 0.3) is 11.0 Å². The Morgan fingerprint density at radius 2 is 1.90 bits per heavy atom. The molecule has 0 spiro atoms. The van der Waals surface area contributed by atoms with E-state index in [0.717, 1.165) is 22.2 Å². The number of rotatable bonds is 5. The summed E-state index contributed by atoms with van der Waals surface area (Å²) in [5, 5.41) is 15.6. The highest BCUT2D eigenvalue weighted by molar-refractivity contribution is 5.84. The maximum Gasteiger partial charge on any atom is 0.409 e. The van der Waals surface area contributed by atoms with Crippen molar-refractivity contribution < 1.29 is 19.2 Å². The number of hydrogen-bond donors (Lipinski definition) is 1. The average molecular weight is 395 g/mol. The molecular formula is C22H25N3O4. The molecule has 1 aliphatic heterocycles. The van der Waals surface area contributed by atoms with Crippen LogP contribution in [-0.4, -0.2) is 58.9 Å². The van der Waals surface area contributed by atoms with Crippen LogP contribution < -0.4 is 0 Å². The molecule has 1 aliphatic rings. The molecule has 7 nitrogen and oxygen atoms in total. The number of hydrogen-bond acceptors (Lipinski definition) is 6. The van der Waals surface area contributed by atoms with E-state index < -0.39 is 0 Å². The molecule has 3 aromatic rings. The SMILES string of the molecule is CCOC(=O)N1CCN(Cc2c(O)ccc3c(Cc4ccccc4)noc23)CC1. The maximum atomic E-state index is 11.9. The van der Waals surface area contributed by atoms with Crippen LogP contribution in [0.1, 0.15) is 23.7 Å².